The molecule has 210 valence electrons. The van der Waals surface area contributed by atoms with E-state index in [1.165, 1.54) is 28.8 Å². The van der Waals surface area contributed by atoms with E-state index in [1.54, 1.807) is 0 Å². The molecule has 2 aromatic heterocycles. The second-order valence-electron chi connectivity index (χ2n) is 12.7. The standard InChI is InChI=1S/C31H38FN7O/c1-36-19-25-27(15-31(36)10-4-7-22-6-2-3-8-26(22)31)34-29(40-20-30-9-5-11-39(30)17-23(32)14-30)35-28(25)37-12-13-38-21-33-16-24(38)18-37/h2-3,6,8,16,21,23H,4-5,7,9-15,17-20H2,1H3/t23-,30+,31+/m1/s1. The zero-order chi connectivity index (χ0) is 26.9. The fourth-order valence-corrected chi connectivity index (χ4v) is 8.42. The molecule has 8 nitrogen and oxygen atoms in total. The Hall–Kier alpha value is -3.04. The lowest BCUT2D eigenvalue weighted by atomic mass is 9.71. The maximum absolute atomic E-state index is 14.5. The smallest absolute Gasteiger partial charge is 0.318 e. The fraction of sp³-hybridized carbons (Fsp3) is 0.581. The van der Waals surface area contributed by atoms with Gasteiger partial charge in [0.15, 0.2) is 0 Å². The van der Waals surface area contributed by atoms with Crippen molar-refractivity contribution in [2.75, 3.05) is 38.2 Å². The highest BCUT2D eigenvalue weighted by Gasteiger charge is 2.50. The molecule has 4 aliphatic heterocycles. The minimum atomic E-state index is -0.774. The van der Waals surface area contributed by atoms with Crippen LogP contribution in [-0.2, 0) is 38.0 Å². The molecule has 6 heterocycles. The van der Waals surface area contributed by atoms with Crippen molar-refractivity contribution in [3.05, 3.63) is 64.9 Å². The fourth-order valence-electron chi connectivity index (χ4n) is 8.42. The Bertz CT molecular complexity index is 1440. The topological polar surface area (TPSA) is 62.6 Å². The highest BCUT2D eigenvalue weighted by atomic mass is 19.1. The molecule has 40 heavy (non-hydrogen) atoms. The molecule has 0 radical (unpaired) electrons. The third-order valence-corrected chi connectivity index (χ3v) is 10.5. The minimum absolute atomic E-state index is 0.0703. The van der Waals surface area contributed by atoms with Crippen LogP contribution in [0.3, 0.4) is 0 Å². The lowest BCUT2D eigenvalue weighted by molar-refractivity contribution is 0.0713. The number of aromatic nitrogens is 4. The van der Waals surface area contributed by atoms with Crippen molar-refractivity contribution in [2.45, 2.75) is 81.8 Å². The van der Waals surface area contributed by atoms with Gasteiger partial charge in [-0.15, -0.1) is 0 Å². The van der Waals surface area contributed by atoms with Gasteiger partial charge in [0.1, 0.15) is 18.6 Å². The first-order chi connectivity index (χ1) is 19.5. The molecule has 9 heteroatoms. The molecule has 1 spiro atoms. The Morgan fingerprint density at radius 3 is 2.95 bits per heavy atom. The lowest BCUT2D eigenvalue weighted by Gasteiger charge is -2.49. The third kappa shape index (κ3) is 3.80. The van der Waals surface area contributed by atoms with E-state index in [-0.39, 0.29) is 11.1 Å². The Kier molecular flexibility index (Phi) is 5.71. The average molecular weight is 544 g/mol. The van der Waals surface area contributed by atoms with E-state index in [0.29, 0.717) is 25.6 Å². The normalized spacial score (nSPS) is 29.8. The maximum atomic E-state index is 14.5. The number of ether oxygens (including phenoxy) is 1. The Morgan fingerprint density at radius 2 is 2.00 bits per heavy atom. The van der Waals surface area contributed by atoms with Gasteiger partial charge in [-0.2, -0.15) is 9.97 Å². The highest BCUT2D eigenvalue weighted by molar-refractivity contribution is 5.53. The van der Waals surface area contributed by atoms with Crippen LogP contribution >= 0.6 is 0 Å². The minimum Gasteiger partial charge on any atom is -0.461 e. The van der Waals surface area contributed by atoms with Gasteiger partial charge in [-0.3, -0.25) is 9.80 Å². The van der Waals surface area contributed by atoms with Gasteiger partial charge in [0.2, 0.25) is 0 Å². The van der Waals surface area contributed by atoms with Gasteiger partial charge in [-0.25, -0.2) is 9.37 Å². The molecule has 2 fully saturated rings. The Balaban J connectivity index is 1.18. The maximum Gasteiger partial charge on any atom is 0.318 e. The van der Waals surface area contributed by atoms with Crippen molar-refractivity contribution in [2.24, 2.45) is 0 Å². The number of hydrogen-bond acceptors (Lipinski definition) is 7. The number of imidazole rings is 1. The molecule has 8 rings (SSSR count). The second kappa shape index (κ2) is 9.24. The van der Waals surface area contributed by atoms with Crippen LogP contribution in [0.25, 0.3) is 0 Å². The third-order valence-electron chi connectivity index (χ3n) is 10.5. The molecule has 1 aromatic carbocycles. The van der Waals surface area contributed by atoms with E-state index in [0.717, 1.165) is 76.3 Å². The predicted octanol–water partition coefficient (Wildman–Crippen LogP) is 3.87. The summed E-state index contributed by atoms with van der Waals surface area (Å²) in [5, 5.41) is 0. The van der Waals surface area contributed by atoms with Gasteiger partial charge in [0, 0.05) is 50.8 Å². The predicted molar refractivity (Wildman–Crippen MR) is 150 cm³/mol. The van der Waals surface area contributed by atoms with E-state index in [9.17, 15) is 4.39 Å². The van der Waals surface area contributed by atoms with Crippen LogP contribution in [0.5, 0.6) is 6.01 Å². The van der Waals surface area contributed by atoms with Gasteiger partial charge in [0.05, 0.1) is 35.3 Å². The Labute approximate surface area is 235 Å². The molecule has 2 saturated heterocycles. The van der Waals surface area contributed by atoms with Crippen LogP contribution < -0.4 is 9.64 Å². The number of fused-ring (bicyclic) bond motifs is 5. The summed E-state index contributed by atoms with van der Waals surface area (Å²) in [5.74, 6) is 0.980. The molecule has 0 saturated carbocycles. The molecule has 1 aliphatic carbocycles. The van der Waals surface area contributed by atoms with Crippen molar-refractivity contribution >= 4 is 5.82 Å². The number of likely N-dealkylation sites (N-methyl/N-ethyl adjacent to an activating group) is 1. The van der Waals surface area contributed by atoms with E-state index in [4.69, 9.17) is 14.7 Å². The molecule has 3 aromatic rings. The number of alkyl halides is 1. The van der Waals surface area contributed by atoms with Crippen molar-refractivity contribution < 1.29 is 9.13 Å². The van der Waals surface area contributed by atoms with Crippen LogP contribution in [0.2, 0.25) is 0 Å². The van der Waals surface area contributed by atoms with Gasteiger partial charge >= 0.3 is 6.01 Å². The first-order valence-corrected chi connectivity index (χ1v) is 15.0. The molecule has 0 unspecified atom stereocenters. The number of benzene rings is 1. The number of halogens is 1. The zero-order valence-electron chi connectivity index (χ0n) is 23.4. The van der Waals surface area contributed by atoms with Crippen LogP contribution in [0.4, 0.5) is 10.2 Å². The molecule has 0 bridgehead atoms. The zero-order valence-corrected chi connectivity index (χ0v) is 23.4. The first kappa shape index (κ1) is 24.7. The van der Waals surface area contributed by atoms with E-state index >= 15 is 0 Å². The number of nitrogens with zero attached hydrogens (tertiary/aromatic N) is 7. The largest absolute Gasteiger partial charge is 0.461 e. The summed E-state index contributed by atoms with van der Waals surface area (Å²) in [6.45, 7) is 5.24. The van der Waals surface area contributed by atoms with Gasteiger partial charge < -0.3 is 14.2 Å². The molecular formula is C31H38FN7O. The highest BCUT2D eigenvalue weighted by Crippen LogP contribution is 2.47. The summed E-state index contributed by atoms with van der Waals surface area (Å²) in [6, 6.07) is 9.41. The molecule has 5 aliphatic rings. The quantitative estimate of drug-likeness (QED) is 0.495. The molecule has 0 N–H and O–H groups in total. The summed E-state index contributed by atoms with van der Waals surface area (Å²) in [5.41, 5.74) is 6.12. The average Bonchev–Trinajstić information content (AvgIpc) is 3.66. The SMILES string of the molecule is CN1Cc2c(nc(OC[C@@]34CCCN3C[C@H](F)C4)nc2N2CCn3cncc3C2)C[C@]12CCCc1ccccc12. The number of rotatable bonds is 4. The summed E-state index contributed by atoms with van der Waals surface area (Å²) >= 11 is 0. The van der Waals surface area contributed by atoms with Gasteiger partial charge in [0.25, 0.3) is 0 Å². The van der Waals surface area contributed by atoms with E-state index in [1.807, 2.05) is 12.5 Å². The number of hydrogen-bond donors (Lipinski definition) is 0. The summed E-state index contributed by atoms with van der Waals surface area (Å²) in [7, 11) is 2.27. The number of aryl methyl sites for hydroxylation is 1. The number of anilines is 1. The van der Waals surface area contributed by atoms with Crippen molar-refractivity contribution in [3.8, 4) is 6.01 Å². The van der Waals surface area contributed by atoms with Crippen LogP contribution in [0, 0.1) is 0 Å². The summed E-state index contributed by atoms with van der Waals surface area (Å²) < 4.78 is 23.2. The monoisotopic (exact) mass is 543 g/mol. The first-order valence-electron chi connectivity index (χ1n) is 15.0. The van der Waals surface area contributed by atoms with Crippen molar-refractivity contribution in [3.63, 3.8) is 0 Å². The molecule has 0 amide bonds. The van der Waals surface area contributed by atoms with Gasteiger partial charge in [-0.05, 0) is 56.8 Å². The summed E-state index contributed by atoms with van der Waals surface area (Å²) in [4.78, 5) is 21.8. The Morgan fingerprint density at radius 1 is 1.07 bits per heavy atom. The van der Waals surface area contributed by atoms with E-state index in [2.05, 4.69) is 55.6 Å². The van der Waals surface area contributed by atoms with Crippen LogP contribution in [-0.4, -0.2) is 74.3 Å². The summed E-state index contributed by atoms with van der Waals surface area (Å²) in [6.07, 6.45) is 10.0. The lowest BCUT2D eigenvalue weighted by Crippen LogP contribution is -2.51. The van der Waals surface area contributed by atoms with Crippen LogP contribution in [0.1, 0.15) is 60.2 Å². The van der Waals surface area contributed by atoms with Crippen molar-refractivity contribution in [1.82, 2.24) is 29.3 Å². The molecular weight excluding hydrogens is 505 g/mol. The van der Waals surface area contributed by atoms with Gasteiger partial charge in [-0.1, -0.05) is 24.3 Å². The van der Waals surface area contributed by atoms with Crippen LogP contribution in [0.15, 0.2) is 36.8 Å². The second-order valence-corrected chi connectivity index (χ2v) is 12.7. The molecule has 3 atom stereocenters. The van der Waals surface area contributed by atoms with Crippen molar-refractivity contribution in [1.29, 1.82) is 0 Å². The van der Waals surface area contributed by atoms with E-state index < -0.39 is 6.17 Å².